The molecule has 0 spiro atoms. The second-order valence-corrected chi connectivity index (χ2v) is 25.6. The van der Waals surface area contributed by atoms with Crippen molar-refractivity contribution in [3.8, 4) is 0 Å². The maximum Gasteiger partial charge on any atom is 0.306 e. The van der Waals surface area contributed by atoms with Gasteiger partial charge in [-0.15, -0.1) is 0 Å². The molecule has 1 unspecified atom stereocenters. The molecule has 0 N–H and O–H groups in total. The van der Waals surface area contributed by atoms with Crippen LogP contribution < -0.4 is 0 Å². The van der Waals surface area contributed by atoms with E-state index in [2.05, 4.69) is 57.2 Å². The molecule has 83 heavy (non-hydrogen) atoms. The standard InChI is InChI=1S/C77H144O6/c1-4-7-10-13-16-19-22-25-28-31-33-35-37-39-41-42-44-46-49-52-55-58-61-64-67-70-76(79)82-73-74(72-81-75(78)69-66-63-60-57-54-51-48-30-27-24-21-18-15-12-9-6-3)83-77(80)71-68-65-62-59-56-53-50-47-45-43-40-38-36-34-32-29-26-23-20-17-14-11-8-5-2/h22,25,31,33,37,39,74H,4-21,23-24,26-30,32,34-36,38,40-73H2,1-3H3/b25-22-,33-31-,39-37-. The van der Waals surface area contributed by atoms with Crippen molar-refractivity contribution in [3.63, 3.8) is 0 Å². The van der Waals surface area contributed by atoms with Gasteiger partial charge < -0.3 is 14.2 Å². The largest absolute Gasteiger partial charge is 0.462 e. The number of esters is 3. The summed E-state index contributed by atoms with van der Waals surface area (Å²) in [5.74, 6) is -0.835. The van der Waals surface area contributed by atoms with Gasteiger partial charge in [0.25, 0.3) is 0 Å². The Bertz CT molecular complexity index is 1380. The molecule has 0 amide bonds. The molecule has 0 radical (unpaired) electrons. The lowest BCUT2D eigenvalue weighted by Crippen LogP contribution is -2.30. The van der Waals surface area contributed by atoms with Crippen LogP contribution in [0.5, 0.6) is 0 Å². The third-order valence-electron chi connectivity index (χ3n) is 17.1. The molecule has 0 aromatic heterocycles. The highest BCUT2D eigenvalue weighted by Gasteiger charge is 2.20. The molecule has 488 valence electrons. The highest BCUT2D eigenvalue weighted by atomic mass is 16.6. The van der Waals surface area contributed by atoms with Crippen molar-refractivity contribution in [2.24, 2.45) is 0 Å². The van der Waals surface area contributed by atoms with Crippen LogP contribution >= 0.6 is 0 Å². The van der Waals surface area contributed by atoms with Crippen molar-refractivity contribution in [1.82, 2.24) is 0 Å². The van der Waals surface area contributed by atoms with Crippen molar-refractivity contribution < 1.29 is 28.6 Å². The van der Waals surface area contributed by atoms with Gasteiger partial charge >= 0.3 is 17.9 Å². The second-order valence-electron chi connectivity index (χ2n) is 25.6. The predicted octanol–water partition coefficient (Wildman–Crippen LogP) is 25.9. The molecule has 6 nitrogen and oxygen atoms in total. The van der Waals surface area contributed by atoms with E-state index in [0.717, 1.165) is 70.6 Å². The van der Waals surface area contributed by atoms with E-state index in [-0.39, 0.29) is 31.1 Å². The minimum absolute atomic E-state index is 0.0666. The van der Waals surface area contributed by atoms with Gasteiger partial charge in [0.05, 0.1) is 0 Å². The van der Waals surface area contributed by atoms with Crippen LogP contribution in [-0.2, 0) is 28.6 Å². The fourth-order valence-electron chi connectivity index (χ4n) is 11.5. The summed E-state index contributed by atoms with van der Waals surface area (Å²) in [5.41, 5.74) is 0. The fraction of sp³-hybridized carbons (Fsp3) is 0.883. The van der Waals surface area contributed by atoms with E-state index in [9.17, 15) is 14.4 Å². The van der Waals surface area contributed by atoms with E-state index in [4.69, 9.17) is 14.2 Å². The number of carbonyl (C=O) groups excluding carboxylic acids is 3. The summed E-state index contributed by atoms with van der Waals surface area (Å²) < 4.78 is 17.0. The van der Waals surface area contributed by atoms with Gasteiger partial charge in [0.1, 0.15) is 13.2 Å². The number of unbranched alkanes of at least 4 members (excludes halogenated alkanes) is 53. The molecular weight excluding hydrogens is 1020 g/mol. The van der Waals surface area contributed by atoms with Crippen LogP contribution in [0.3, 0.4) is 0 Å². The van der Waals surface area contributed by atoms with Gasteiger partial charge in [-0.25, -0.2) is 0 Å². The molecule has 6 heteroatoms. The predicted molar refractivity (Wildman–Crippen MR) is 362 cm³/mol. The quantitative estimate of drug-likeness (QED) is 0.0261. The minimum atomic E-state index is -0.772. The smallest absolute Gasteiger partial charge is 0.306 e. The number of hydrogen-bond donors (Lipinski definition) is 0. The maximum absolute atomic E-state index is 13.0. The van der Waals surface area contributed by atoms with Crippen molar-refractivity contribution >= 4 is 17.9 Å². The van der Waals surface area contributed by atoms with Crippen LogP contribution in [0.2, 0.25) is 0 Å². The van der Waals surface area contributed by atoms with Gasteiger partial charge in [-0.1, -0.05) is 378 Å². The van der Waals surface area contributed by atoms with Gasteiger partial charge in [-0.05, 0) is 57.8 Å². The van der Waals surface area contributed by atoms with E-state index >= 15 is 0 Å². The lowest BCUT2D eigenvalue weighted by atomic mass is 10.0. The van der Waals surface area contributed by atoms with Crippen LogP contribution in [0.4, 0.5) is 0 Å². The Labute approximate surface area is 518 Å². The van der Waals surface area contributed by atoms with E-state index < -0.39 is 6.10 Å². The third kappa shape index (κ3) is 70.3. The van der Waals surface area contributed by atoms with Crippen LogP contribution in [0.25, 0.3) is 0 Å². The normalized spacial score (nSPS) is 12.2. The van der Waals surface area contributed by atoms with Crippen molar-refractivity contribution in [2.45, 2.75) is 425 Å². The Hall–Kier alpha value is -2.37. The van der Waals surface area contributed by atoms with Crippen molar-refractivity contribution in [3.05, 3.63) is 36.5 Å². The molecule has 0 saturated heterocycles. The van der Waals surface area contributed by atoms with Crippen molar-refractivity contribution in [1.29, 1.82) is 0 Å². The summed E-state index contributed by atoms with van der Waals surface area (Å²) >= 11 is 0. The molecular formula is C77H144O6. The highest BCUT2D eigenvalue weighted by molar-refractivity contribution is 5.71. The molecule has 0 aliphatic heterocycles. The Morgan fingerprint density at radius 2 is 0.434 bits per heavy atom. The molecule has 0 aromatic rings. The lowest BCUT2D eigenvalue weighted by Gasteiger charge is -2.18. The van der Waals surface area contributed by atoms with Gasteiger partial charge in [-0.2, -0.15) is 0 Å². The Morgan fingerprint density at radius 1 is 0.241 bits per heavy atom. The van der Waals surface area contributed by atoms with Gasteiger partial charge in [0, 0.05) is 19.3 Å². The summed E-state index contributed by atoms with van der Waals surface area (Å²) in [6, 6.07) is 0. The SMILES string of the molecule is CCCCCCC/C=C\C/C=C\C/C=C\CCCCCCCCCCCCC(=O)OCC(COC(=O)CCCCCCCCCCCCCCCCCC)OC(=O)CCCCCCCCCCCCCCCCCCCCCCCCCC. The molecule has 0 rings (SSSR count). The zero-order valence-electron chi connectivity index (χ0n) is 56.2. The second kappa shape index (κ2) is 72.1. The lowest BCUT2D eigenvalue weighted by molar-refractivity contribution is -0.167. The molecule has 0 bridgehead atoms. The van der Waals surface area contributed by atoms with Crippen LogP contribution in [-0.4, -0.2) is 37.2 Å². The minimum Gasteiger partial charge on any atom is -0.462 e. The summed E-state index contributed by atoms with van der Waals surface area (Å²) in [5, 5.41) is 0. The Kier molecular flexibility index (Phi) is 70.0. The van der Waals surface area contributed by atoms with Crippen LogP contribution in [0, 0.1) is 0 Å². The van der Waals surface area contributed by atoms with Gasteiger partial charge in [0.15, 0.2) is 6.10 Å². The molecule has 1 atom stereocenters. The number of allylic oxidation sites excluding steroid dienone is 6. The molecule has 0 aliphatic rings. The van der Waals surface area contributed by atoms with E-state index in [1.807, 2.05) is 0 Å². The highest BCUT2D eigenvalue weighted by Crippen LogP contribution is 2.19. The fourth-order valence-corrected chi connectivity index (χ4v) is 11.5. The first kappa shape index (κ1) is 80.6. The van der Waals surface area contributed by atoms with E-state index in [0.29, 0.717) is 19.3 Å². The first-order valence-electron chi connectivity index (χ1n) is 37.5. The number of ether oxygens (including phenoxy) is 3. The summed E-state index contributed by atoms with van der Waals surface area (Å²) in [6.07, 6.45) is 90.4. The molecule has 0 aromatic carbocycles. The Morgan fingerprint density at radius 3 is 0.675 bits per heavy atom. The van der Waals surface area contributed by atoms with Gasteiger partial charge in [0.2, 0.25) is 0 Å². The number of hydrogen-bond acceptors (Lipinski definition) is 6. The summed E-state index contributed by atoms with van der Waals surface area (Å²) in [6.45, 7) is 6.72. The molecule has 0 saturated carbocycles. The first-order chi connectivity index (χ1) is 41.0. The topological polar surface area (TPSA) is 78.9 Å². The molecule has 0 aliphatic carbocycles. The zero-order valence-corrected chi connectivity index (χ0v) is 56.2. The number of carbonyl (C=O) groups is 3. The van der Waals surface area contributed by atoms with E-state index in [1.165, 1.54) is 308 Å². The Balaban J connectivity index is 4.28. The maximum atomic E-state index is 13.0. The van der Waals surface area contributed by atoms with Crippen molar-refractivity contribution in [2.75, 3.05) is 13.2 Å². The third-order valence-corrected chi connectivity index (χ3v) is 17.1. The average molecular weight is 1170 g/mol. The molecule has 0 fully saturated rings. The van der Waals surface area contributed by atoms with E-state index in [1.54, 1.807) is 0 Å². The molecule has 0 heterocycles. The summed E-state index contributed by atoms with van der Waals surface area (Å²) in [4.78, 5) is 38.5. The number of rotatable bonds is 70. The van der Waals surface area contributed by atoms with Crippen LogP contribution in [0.1, 0.15) is 419 Å². The first-order valence-corrected chi connectivity index (χ1v) is 37.5. The van der Waals surface area contributed by atoms with Crippen LogP contribution in [0.15, 0.2) is 36.5 Å². The zero-order chi connectivity index (χ0) is 59.9. The average Bonchev–Trinajstić information content (AvgIpc) is 3.50. The van der Waals surface area contributed by atoms with Gasteiger partial charge in [-0.3, -0.25) is 14.4 Å². The monoisotopic (exact) mass is 1170 g/mol. The summed E-state index contributed by atoms with van der Waals surface area (Å²) in [7, 11) is 0.